The average Bonchev–Trinajstić information content (AvgIpc) is 2.67. The van der Waals surface area contributed by atoms with Crippen molar-refractivity contribution in [2.45, 2.75) is 13.8 Å². The molecule has 30 heavy (non-hydrogen) atoms. The quantitative estimate of drug-likeness (QED) is 0.487. The lowest BCUT2D eigenvalue weighted by atomic mass is 10.1. The number of aromatic carboxylic acids is 2. The Morgan fingerprint density at radius 1 is 0.733 bits per heavy atom. The van der Waals surface area contributed by atoms with Gasteiger partial charge in [-0.2, -0.15) is 0 Å². The van der Waals surface area contributed by atoms with E-state index in [1.807, 2.05) is 19.9 Å². The van der Waals surface area contributed by atoms with E-state index in [0.29, 0.717) is 17.2 Å². The van der Waals surface area contributed by atoms with Gasteiger partial charge in [-0.3, -0.25) is 4.79 Å². The molecule has 0 bridgehead atoms. The molecule has 0 radical (unpaired) electrons. The van der Waals surface area contributed by atoms with Crippen LogP contribution >= 0.6 is 0 Å². The number of aryl methyl sites for hydroxylation is 2. The molecule has 0 unspecified atom stereocenters. The fourth-order valence-electron chi connectivity index (χ4n) is 2.77. The molecule has 0 aliphatic heterocycles. The van der Waals surface area contributed by atoms with Gasteiger partial charge in [0.15, 0.2) is 0 Å². The van der Waals surface area contributed by atoms with Gasteiger partial charge in [0.2, 0.25) is 5.95 Å². The van der Waals surface area contributed by atoms with Gasteiger partial charge in [-0.25, -0.2) is 19.6 Å². The third-order valence-corrected chi connectivity index (χ3v) is 4.07. The summed E-state index contributed by atoms with van der Waals surface area (Å²) < 4.78 is 0. The normalized spacial score (nSPS) is 10.3. The summed E-state index contributed by atoms with van der Waals surface area (Å²) in [6.07, 6.45) is 0. The zero-order valence-corrected chi connectivity index (χ0v) is 16.1. The number of carboxylic acids is 2. The minimum absolute atomic E-state index is 0.0723. The van der Waals surface area contributed by atoms with Crippen LogP contribution in [0, 0.1) is 13.8 Å². The summed E-state index contributed by atoms with van der Waals surface area (Å²) in [6, 6.07) is 11.8. The predicted octanol–water partition coefficient (Wildman–Crippen LogP) is 3.49. The maximum atomic E-state index is 12.5. The molecule has 3 rings (SSSR count). The van der Waals surface area contributed by atoms with E-state index in [-0.39, 0.29) is 16.8 Å². The highest BCUT2D eigenvalue weighted by atomic mass is 16.4. The molecule has 1 aromatic heterocycles. The van der Waals surface area contributed by atoms with Crippen LogP contribution in [0.5, 0.6) is 0 Å². The number of amides is 1. The molecular weight excluding hydrogens is 388 g/mol. The Kier molecular flexibility index (Phi) is 5.73. The van der Waals surface area contributed by atoms with Gasteiger partial charge in [-0.05, 0) is 62.4 Å². The van der Waals surface area contributed by atoms with Crippen LogP contribution in [0.3, 0.4) is 0 Å². The molecule has 1 amide bonds. The van der Waals surface area contributed by atoms with Crippen molar-refractivity contribution in [3.05, 3.63) is 76.6 Å². The van der Waals surface area contributed by atoms with E-state index in [2.05, 4.69) is 20.6 Å². The first-order chi connectivity index (χ1) is 14.2. The van der Waals surface area contributed by atoms with Crippen LogP contribution in [0.25, 0.3) is 0 Å². The predicted molar refractivity (Wildman–Crippen MR) is 110 cm³/mol. The van der Waals surface area contributed by atoms with Gasteiger partial charge < -0.3 is 20.8 Å². The van der Waals surface area contributed by atoms with Crippen LogP contribution in [-0.4, -0.2) is 38.0 Å². The molecule has 0 saturated carbocycles. The number of carbonyl (C=O) groups is 3. The van der Waals surface area contributed by atoms with E-state index in [1.165, 1.54) is 12.1 Å². The Morgan fingerprint density at radius 2 is 1.27 bits per heavy atom. The van der Waals surface area contributed by atoms with E-state index in [1.54, 1.807) is 24.3 Å². The SMILES string of the molecule is Cc1cc(C)nc(Nc2ccc(C(=O)Nc3cc(C(=O)O)cc(C(=O)O)c3)cc2)n1. The van der Waals surface area contributed by atoms with Crippen molar-refractivity contribution in [2.75, 3.05) is 10.6 Å². The van der Waals surface area contributed by atoms with Gasteiger partial charge in [0.1, 0.15) is 0 Å². The Bertz CT molecular complexity index is 1090. The molecule has 9 heteroatoms. The molecule has 0 atom stereocenters. The van der Waals surface area contributed by atoms with E-state index in [9.17, 15) is 14.4 Å². The molecule has 0 fully saturated rings. The van der Waals surface area contributed by atoms with Gasteiger partial charge in [0.05, 0.1) is 11.1 Å². The standard InChI is InChI=1S/C21H18N4O5/c1-11-7-12(2)23-21(22-11)25-16-5-3-13(4-6-16)18(26)24-17-9-14(19(27)28)8-15(10-17)20(29)30/h3-10H,1-2H3,(H,24,26)(H,27,28)(H,29,30)(H,22,23,25). The van der Waals surface area contributed by atoms with Crippen LogP contribution in [0.4, 0.5) is 17.3 Å². The molecule has 3 aromatic rings. The Balaban J connectivity index is 1.76. The first kappa shape index (κ1) is 20.5. The van der Waals surface area contributed by atoms with E-state index < -0.39 is 17.8 Å². The summed E-state index contributed by atoms with van der Waals surface area (Å²) >= 11 is 0. The summed E-state index contributed by atoms with van der Waals surface area (Å²) in [7, 11) is 0. The van der Waals surface area contributed by atoms with Crippen molar-refractivity contribution in [3.63, 3.8) is 0 Å². The van der Waals surface area contributed by atoms with Gasteiger partial charge in [-0.15, -0.1) is 0 Å². The number of hydrogen-bond donors (Lipinski definition) is 4. The summed E-state index contributed by atoms with van der Waals surface area (Å²) in [4.78, 5) is 43.4. The Hall–Kier alpha value is -4.27. The Morgan fingerprint density at radius 3 is 1.77 bits per heavy atom. The highest BCUT2D eigenvalue weighted by molar-refractivity contribution is 6.06. The maximum Gasteiger partial charge on any atom is 0.335 e. The molecule has 4 N–H and O–H groups in total. The summed E-state index contributed by atoms with van der Waals surface area (Å²) in [6.45, 7) is 3.73. The fourth-order valence-corrected chi connectivity index (χ4v) is 2.77. The molecule has 0 saturated heterocycles. The minimum atomic E-state index is -1.29. The zero-order valence-electron chi connectivity index (χ0n) is 16.1. The number of rotatable bonds is 6. The van der Waals surface area contributed by atoms with E-state index in [4.69, 9.17) is 10.2 Å². The second kappa shape index (κ2) is 8.39. The number of nitrogens with zero attached hydrogens (tertiary/aromatic N) is 2. The van der Waals surface area contributed by atoms with E-state index in [0.717, 1.165) is 17.5 Å². The number of aromatic nitrogens is 2. The minimum Gasteiger partial charge on any atom is -0.478 e. The Labute approximate surface area is 171 Å². The number of nitrogens with one attached hydrogen (secondary N) is 2. The number of anilines is 3. The lowest BCUT2D eigenvalue weighted by Gasteiger charge is -2.09. The largest absolute Gasteiger partial charge is 0.478 e. The highest BCUT2D eigenvalue weighted by Crippen LogP contribution is 2.19. The van der Waals surface area contributed by atoms with Crippen LogP contribution in [0.1, 0.15) is 42.5 Å². The number of carboxylic acid groups (broad SMARTS) is 2. The number of carbonyl (C=O) groups excluding carboxylic acids is 1. The highest BCUT2D eigenvalue weighted by Gasteiger charge is 2.14. The van der Waals surface area contributed by atoms with Crippen LogP contribution in [0.2, 0.25) is 0 Å². The van der Waals surface area contributed by atoms with Gasteiger partial charge >= 0.3 is 11.9 Å². The van der Waals surface area contributed by atoms with E-state index >= 15 is 0 Å². The molecule has 0 aliphatic carbocycles. The second-order valence-corrected chi connectivity index (χ2v) is 6.54. The maximum absolute atomic E-state index is 12.5. The van der Waals surface area contributed by atoms with Crippen LogP contribution in [-0.2, 0) is 0 Å². The number of benzene rings is 2. The summed E-state index contributed by atoms with van der Waals surface area (Å²) in [5.74, 6) is -2.66. The first-order valence-electron chi connectivity index (χ1n) is 8.83. The van der Waals surface area contributed by atoms with Crippen molar-refractivity contribution in [3.8, 4) is 0 Å². The zero-order chi connectivity index (χ0) is 21.8. The molecule has 2 aromatic carbocycles. The summed E-state index contributed by atoms with van der Waals surface area (Å²) in [5.41, 5.74) is 2.23. The molecule has 0 spiro atoms. The van der Waals surface area contributed by atoms with Crippen LogP contribution < -0.4 is 10.6 Å². The number of hydrogen-bond acceptors (Lipinski definition) is 6. The molecule has 152 valence electrons. The molecule has 0 aliphatic rings. The smallest absolute Gasteiger partial charge is 0.335 e. The lowest BCUT2D eigenvalue weighted by Crippen LogP contribution is -2.13. The molecule has 9 nitrogen and oxygen atoms in total. The second-order valence-electron chi connectivity index (χ2n) is 6.54. The first-order valence-corrected chi connectivity index (χ1v) is 8.83. The topological polar surface area (TPSA) is 142 Å². The fraction of sp³-hybridized carbons (Fsp3) is 0.0952. The molecule has 1 heterocycles. The van der Waals surface area contributed by atoms with Crippen molar-refractivity contribution in [2.24, 2.45) is 0 Å². The average molecular weight is 406 g/mol. The van der Waals surface area contributed by atoms with Gasteiger partial charge in [0.25, 0.3) is 5.91 Å². The van der Waals surface area contributed by atoms with Gasteiger partial charge in [-0.1, -0.05) is 0 Å². The van der Waals surface area contributed by atoms with Gasteiger partial charge in [0, 0.05) is 28.3 Å². The monoisotopic (exact) mass is 406 g/mol. The van der Waals surface area contributed by atoms with Crippen molar-refractivity contribution in [1.82, 2.24) is 9.97 Å². The third-order valence-electron chi connectivity index (χ3n) is 4.07. The van der Waals surface area contributed by atoms with Crippen molar-refractivity contribution in [1.29, 1.82) is 0 Å². The van der Waals surface area contributed by atoms with Crippen LogP contribution in [0.15, 0.2) is 48.5 Å². The third kappa shape index (κ3) is 4.96. The summed E-state index contributed by atoms with van der Waals surface area (Å²) in [5, 5.41) is 23.8. The van der Waals surface area contributed by atoms with Crippen molar-refractivity contribution < 1.29 is 24.6 Å². The molecular formula is C21H18N4O5. The lowest BCUT2D eigenvalue weighted by molar-refractivity contribution is 0.0696. The van der Waals surface area contributed by atoms with Crippen molar-refractivity contribution >= 4 is 35.2 Å².